The van der Waals surface area contributed by atoms with Gasteiger partial charge in [-0.25, -0.2) is 0 Å². The molecular formula is C20H18ClF3N2O2. The number of amides is 2. The van der Waals surface area contributed by atoms with Gasteiger partial charge in [-0.2, -0.15) is 13.2 Å². The van der Waals surface area contributed by atoms with Crippen LogP contribution in [0.15, 0.2) is 42.5 Å². The van der Waals surface area contributed by atoms with Crippen LogP contribution < -0.4 is 10.6 Å². The van der Waals surface area contributed by atoms with Crippen LogP contribution in [0.25, 0.3) is 6.08 Å². The van der Waals surface area contributed by atoms with Gasteiger partial charge >= 0.3 is 6.18 Å². The molecule has 2 aromatic carbocycles. The van der Waals surface area contributed by atoms with Crippen molar-refractivity contribution in [2.45, 2.75) is 26.4 Å². The molecule has 0 aliphatic heterocycles. The second-order valence-electron chi connectivity index (χ2n) is 5.99. The van der Waals surface area contributed by atoms with Crippen molar-refractivity contribution in [1.82, 2.24) is 0 Å². The van der Waals surface area contributed by atoms with E-state index in [0.29, 0.717) is 17.8 Å². The lowest BCUT2D eigenvalue weighted by Crippen LogP contribution is -2.12. The van der Waals surface area contributed by atoms with Gasteiger partial charge in [0.2, 0.25) is 11.8 Å². The van der Waals surface area contributed by atoms with Gasteiger partial charge in [0, 0.05) is 23.9 Å². The second-order valence-corrected chi connectivity index (χ2v) is 6.40. The average molecular weight is 411 g/mol. The van der Waals surface area contributed by atoms with Crippen LogP contribution in [0.4, 0.5) is 24.5 Å². The summed E-state index contributed by atoms with van der Waals surface area (Å²) in [6.07, 6.45) is -1.87. The van der Waals surface area contributed by atoms with Crippen LogP contribution in [0, 0.1) is 6.92 Å². The van der Waals surface area contributed by atoms with Crippen molar-refractivity contribution in [1.29, 1.82) is 0 Å². The monoisotopic (exact) mass is 410 g/mol. The maximum atomic E-state index is 12.9. The Morgan fingerprint density at radius 2 is 1.82 bits per heavy atom. The Bertz CT molecular complexity index is 924. The molecule has 2 amide bonds. The maximum absolute atomic E-state index is 12.9. The second kappa shape index (κ2) is 8.93. The lowest BCUT2D eigenvalue weighted by Gasteiger charge is -2.10. The van der Waals surface area contributed by atoms with Crippen LogP contribution in [-0.2, 0) is 15.8 Å². The predicted molar refractivity (Wildman–Crippen MR) is 104 cm³/mol. The van der Waals surface area contributed by atoms with Gasteiger partial charge in [0.15, 0.2) is 0 Å². The van der Waals surface area contributed by atoms with Crippen molar-refractivity contribution < 1.29 is 22.8 Å². The first-order valence-electron chi connectivity index (χ1n) is 8.36. The lowest BCUT2D eigenvalue weighted by atomic mass is 10.1. The zero-order valence-corrected chi connectivity index (χ0v) is 15.9. The van der Waals surface area contributed by atoms with Gasteiger partial charge in [-0.1, -0.05) is 30.7 Å². The minimum absolute atomic E-state index is 0.163. The number of hydrogen-bond donors (Lipinski definition) is 2. The SMILES string of the molecule is CCC(=O)Nc1ccc(C)c(NC(=O)/C=C/c2ccc(Cl)c(C(F)(F)F)c2)c1. The molecule has 8 heteroatoms. The highest BCUT2D eigenvalue weighted by Crippen LogP contribution is 2.35. The van der Waals surface area contributed by atoms with E-state index in [0.717, 1.165) is 23.8 Å². The molecule has 148 valence electrons. The number of benzene rings is 2. The average Bonchev–Trinajstić information content (AvgIpc) is 2.62. The minimum atomic E-state index is -4.58. The van der Waals surface area contributed by atoms with Crippen LogP contribution in [-0.4, -0.2) is 11.8 Å². The highest BCUT2D eigenvalue weighted by atomic mass is 35.5. The first kappa shape index (κ1) is 21.5. The molecule has 28 heavy (non-hydrogen) atoms. The molecule has 0 aliphatic rings. The predicted octanol–water partition coefficient (Wildman–Crippen LogP) is 5.67. The number of alkyl halides is 3. The van der Waals surface area contributed by atoms with E-state index < -0.39 is 22.7 Å². The van der Waals surface area contributed by atoms with Gasteiger partial charge in [-0.05, 0) is 48.4 Å². The van der Waals surface area contributed by atoms with Crippen LogP contribution in [0.5, 0.6) is 0 Å². The molecule has 0 heterocycles. The molecule has 0 saturated heterocycles. The summed E-state index contributed by atoms with van der Waals surface area (Å²) in [5.41, 5.74) is 1.00. The molecule has 2 N–H and O–H groups in total. The number of anilines is 2. The normalized spacial score (nSPS) is 11.5. The maximum Gasteiger partial charge on any atom is 0.417 e. The summed E-state index contributed by atoms with van der Waals surface area (Å²) in [5, 5.41) is 4.92. The molecule has 4 nitrogen and oxygen atoms in total. The third-order valence-electron chi connectivity index (χ3n) is 3.82. The summed E-state index contributed by atoms with van der Waals surface area (Å²) in [6, 6.07) is 8.44. The van der Waals surface area contributed by atoms with Gasteiger partial charge in [-0.15, -0.1) is 0 Å². The molecule has 0 bridgehead atoms. The Kier molecular flexibility index (Phi) is 6.85. The summed E-state index contributed by atoms with van der Waals surface area (Å²) in [4.78, 5) is 23.6. The van der Waals surface area contributed by atoms with Gasteiger partial charge in [-0.3, -0.25) is 9.59 Å². The first-order chi connectivity index (χ1) is 13.1. The summed E-state index contributed by atoms with van der Waals surface area (Å²) in [7, 11) is 0. The number of carbonyl (C=O) groups excluding carboxylic acids is 2. The Morgan fingerprint density at radius 3 is 2.46 bits per heavy atom. The fourth-order valence-corrected chi connectivity index (χ4v) is 2.52. The van der Waals surface area contributed by atoms with E-state index in [9.17, 15) is 22.8 Å². The number of hydrogen-bond acceptors (Lipinski definition) is 2. The van der Waals surface area contributed by atoms with E-state index >= 15 is 0 Å². The molecule has 2 rings (SSSR count). The zero-order valence-electron chi connectivity index (χ0n) is 15.2. The quantitative estimate of drug-likeness (QED) is 0.624. The number of carbonyl (C=O) groups is 2. The zero-order chi connectivity index (χ0) is 20.9. The Labute approximate surface area is 165 Å². The fraction of sp³-hybridized carbons (Fsp3) is 0.200. The van der Waals surface area contributed by atoms with Crippen LogP contribution in [0.2, 0.25) is 5.02 Å². The molecule has 0 aromatic heterocycles. The lowest BCUT2D eigenvalue weighted by molar-refractivity contribution is -0.137. The molecule has 0 radical (unpaired) electrons. The summed E-state index contributed by atoms with van der Waals surface area (Å²) in [5.74, 6) is -0.685. The van der Waals surface area contributed by atoms with Crippen molar-refractivity contribution in [2.24, 2.45) is 0 Å². The van der Waals surface area contributed by atoms with Gasteiger partial charge in [0.1, 0.15) is 0 Å². The van der Waals surface area contributed by atoms with Crippen molar-refractivity contribution in [3.63, 3.8) is 0 Å². The Balaban J connectivity index is 2.14. The van der Waals surface area contributed by atoms with E-state index in [1.54, 1.807) is 32.0 Å². The third kappa shape index (κ3) is 5.85. The first-order valence-corrected chi connectivity index (χ1v) is 8.74. The van der Waals surface area contributed by atoms with Gasteiger partial charge in [0.25, 0.3) is 0 Å². The molecule has 0 unspecified atom stereocenters. The summed E-state index contributed by atoms with van der Waals surface area (Å²) >= 11 is 5.58. The number of rotatable bonds is 5. The standard InChI is InChI=1S/C20H18ClF3N2O2/c1-3-18(27)25-14-7-4-12(2)17(11-14)26-19(28)9-6-13-5-8-16(21)15(10-13)20(22,23)24/h4-11H,3H2,1-2H3,(H,25,27)(H,26,28)/b9-6+. The molecule has 0 saturated carbocycles. The van der Waals surface area contributed by atoms with Crippen molar-refractivity contribution >= 4 is 40.9 Å². The van der Waals surface area contributed by atoms with E-state index in [4.69, 9.17) is 11.6 Å². The molecule has 0 fully saturated rings. The topological polar surface area (TPSA) is 58.2 Å². The number of nitrogens with one attached hydrogen (secondary N) is 2. The van der Waals surface area contributed by atoms with E-state index in [2.05, 4.69) is 10.6 Å². The molecular weight excluding hydrogens is 393 g/mol. The van der Waals surface area contributed by atoms with Crippen LogP contribution in [0.1, 0.15) is 30.0 Å². The third-order valence-corrected chi connectivity index (χ3v) is 4.15. The molecule has 0 atom stereocenters. The largest absolute Gasteiger partial charge is 0.417 e. The Morgan fingerprint density at radius 1 is 1.11 bits per heavy atom. The highest BCUT2D eigenvalue weighted by Gasteiger charge is 2.33. The molecule has 2 aromatic rings. The van der Waals surface area contributed by atoms with Crippen molar-refractivity contribution in [3.8, 4) is 0 Å². The van der Waals surface area contributed by atoms with Gasteiger partial charge < -0.3 is 10.6 Å². The fourth-order valence-electron chi connectivity index (χ4n) is 2.29. The van der Waals surface area contributed by atoms with Crippen molar-refractivity contribution in [2.75, 3.05) is 10.6 Å². The minimum Gasteiger partial charge on any atom is -0.326 e. The smallest absolute Gasteiger partial charge is 0.326 e. The summed E-state index contributed by atoms with van der Waals surface area (Å²) < 4.78 is 38.7. The highest BCUT2D eigenvalue weighted by molar-refractivity contribution is 6.31. The molecule has 0 spiro atoms. The van der Waals surface area contributed by atoms with Crippen LogP contribution >= 0.6 is 11.6 Å². The Hall–Kier alpha value is -2.80. The van der Waals surface area contributed by atoms with Crippen molar-refractivity contribution in [3.05, 3.63) is 64.2 Å². The summed E-state index contributed by atoms with van der Waals surface area (Å²) in [6.45, 7) is 3.50. The van der Waals surface area contributed by atoms with E-state index in [-0.39, 0.29) is 11.5 Å². The van der Waals surface area contributed by atoms with Crippen LogP contribution in [0.3, 0.4) is 0 Å². The van der Waals surface area contributed by atoms with E-state index in [1.807, 2.05) is 0 Å². The molecule has 0 aliphatic carbocycles. The van der Waals surface area contributed by atoms with E-state index in [1.165, 1.54) is 12.1 Å². The number of halogens is 4. The number of aryl methyl sites for hydroxylation is 1. The van der Waals surface area contributed by atoms with Gasteiger partial charge in [0.05, 0.1) is 10.6 Å².